The Balaban J connectivity index is 2.29. The van der Waals surface area contributed by atoms with Crippen molar-refractivity contribution in [2.75, 3.05) is 7.11 Å². The summed E-state index contributed by atoms with van der Waals surface area (Å²) in [5, 5.41) is 11.7. The first-order valence-corrected chi connectivity index (χ1v) is 7.37. The number of aromatic nitrogens is 2. The summed E-state index contributed by atoms with van der Waals surface area (Å²) in [6, 6.07) is 6.88. The van der Waals surface area contributed by atoms with Crippen molar-refractivity contribution in [3.05, 3.63) is 67.2 Å². The van der Waals surface area contributed by atoms with Gasteiger partial charge in [-0.2, -0.15) is 0 Å². The third-order valence-electron chi connectivity index (χ3n) is 3.41. The number of rotatable bonds is 3. The standard InChI is InChI=1S/C15H9Cl2N3O4/c1-24-13-6-9(20(22)23)2-3-12(13)19-7-18-14-10(15(19)21)4-8(16)5-11(14)17/h2-7H,1H3. The Morgan fingerprint density at radius 2 is 2.00 bits per heavy atom. The second kappa shape index (κ2) is 6.10. The minimum Gasteiger partial charge on any atom is -0.494 e. The van der Waals surface area contributed by atoms with Crippen molar-refractivity contribution in [2.24, 2.45) is 0 Å². The van der Waals surface area contributed by atoms with Gasteiger partial charge in [-0.1, -0.05) is 23.2 Å². The highest BCUT2D eigenvalue weighted by molar-refractivity contribution is 6.38. The zero-order chi connectivity index (χ0) is 17.4. The van der Waals surface area contributed by atoms with E-state index in [1.165, 1.54) is 48.3 Å². The summed E-state index contributed by atoms with van der Waals surface area (Å²) in [4.78, 5) is 27.2. The fourth-order valence-electron chi connectivity index (χ4n) is 2.31. The number of nitrogens with zero attached hydrogens (tertiary/aromatic N) is 3. The van der Waals surface area contributed by atoms with Gasteiger partial charge in [0.05, 0.1) is 39.7 Å². The van der Waals surface area contributed by atoms with E-state index in [0.29, 0.717) is 16.2 Å². The Labute approximate surface area is 145 Å². The molecular formula is C15H9Cl2N3O4. The van der Waals surface area contributed by atoms with Crippen molar-refractivity contribution < 1.29 is 9.66 Å². The normalized spacial score (nSPS) is 10.8. The van der Waals surface area contributed by atoms with Crippen LogP contribution in [0.5, 0.6) is 5.75 Å². The lowest BCUT2D eigenvalue weighted by Gasteiger charge is -2.11. The number of nitro groups is 1. The average Bonchev–Trinajstić information content (AvgIpc) is 2.55. The molecule has 0 aliphatic rings. The molecule has 9 heteroatoms. The molecule has 0 aliphatic carbocycles. The predicted octanol–water partition coefficient (Wildman–Crippen LogP) is 3.61. The molecular weight excluding hydrogens is 357 g/mol. The zero-order valence-electron chi connectivity index (χ0n) is 12.2. The van der Waals surface area contributed by atoms with Gasteiger partial charge >= 0.3 is 0 Å². The van der Waals surface area contributed by atoms with E-state index in [9.17, 15) is 14.9 Å². The molecule has 24 heavy (non-hydrogen) atoms. The Bertz CT molecular complexity index is 1030. The van der Waals surface area contributed by atoms with Gasteiger partial charge in [-0.05, 0) is 18.2 Å². The third-order valence-corrected chi connectivity index (χ3v) is 3.92. The molecule has 122 valence electrons. The highest BCUT2D eigenvalue weighted by Crippen LogP contribution is 2.28. The highest BCUT2D eigenvalue weighted by atomic mass is 35.5. The van der Waals surface area contributed by atoms with Crippen LogP contribution in [0.25, 0.3) is 16.6 Å². The summed E-state index contributed by atoms with van der Waals surface area (Å²) in [5.41, 5.74) is 0.0711. The van der Waals surface area contributed by atoms with E-state index in [2.05, 4.69) is 4.98 Å². The van der Waals surface area contributed by atoms with Gasteiger partial charge in [0.1, 0.15) is 12.1 Å². The number of hydrogen-bond acceptors (Lipinski definition) is 5. The Morgan fingerprint density at radius 3 is 2.67 bits per heavy atom. The van der Waals surface area contributed by atoms with Gasteiger partial charge in [-0.25, -0.2) is 4.98 Å². The molecule has 7 nitrogen and oxygen atoms in total. The third kappa shape index (κ3) is 2.68. The van der Waals surface area contributed by atoms with Gasteiger partial charge in [-0.15, -0.1) is 0 Å². The fraction of sp³-hybridized carbons (Fsp3) is 0.0667. The summed E-state index contributed by atoms with van der Waals surface area (Å²) in [5.74, 6) is 0.167. The van der Waals surface area contributed by atoms with Crippen molar-refractivity contribution >= 4 is 39.8 Å². The van der Waals surface area contributed by atoms with Gasteiger partial charge in [0.15, 0.2) is 0 Å². The molecule has 0 radical (unpaired) electrons. The van der Waals surface area contributed by atoms with Crippen LogP contribution >= 0.6 is 23.2 Å². The van der Waals surface area contributed by atoms with E-state index in [-0.39, 0.29) is 21.8 Å². The minimum atomic E-state index is -0.548. The lowest BCUT2D eigenvalue weighted by Crippen LogP contribution is -2.19. The number of nitro benzene ring substituents is 1. The van der Waals surface area contributed by atoms with Crippen LogP contribution in [0, 0.1) is 10.1 Å². The van der Waals surface area contributed by atoms with Gasteiger partial charge in [-0.3, -0.25) is 19.5 Å². The second-order valence-corrected chi connectivity index (χ2v) is 5.66. The number of hydrogen-bond donors (Lipinski definition) is 0. The number of fused-ring (bicyclic) bond motifs is 1. The molecule has 0 fully saturated rings. The molecule has 1 heterocycles. The van der Waals surface area contributed by atoms with Crippen LogP contribution in [0.2, 0.25) is 10.0 Å². The molecule has 0 spiro atoms. The van der Waals surface area contributed by atoms with E-state index in [1.807, 2.05) is 0 Å². The molecule has 3 rings (SSSR count). The quantitative estimate of drug-likeness (QED) is 0.522. The average molecular weight is 366 g/mol. The first-order valence-electron chi connectivity index (χ1n) is 6.61. The lowest BCUT2D eigenvalue weighted by molar-refractivity contribution is -0.384. The van der Waals surface area contributed by atoms with Gasteiger partial charge in [0, 0.05) is 11.1 Å². The van der Waals surface area contributed by atoms with Crippen LogP contribution in [0.3, 0.4) is 0 Å². The Kier molecular flexibility index (Phi) is 4.13. The van der Waals surface area contributed by atoms with Gasteiger partial charge < -0.3 is 4.74 Å². The molecule has 0 saturated carbocycles. The molecule has 0 unspecified atom stereocenters. The maximum absolute atomic E-state index is 12.7. The molecule has 0 saturated heterocycles. The monoisotopic (exact) mass is 365 g/mol. The van der Waals surface area contributed by atoms with E-state index >= 15 is 0 Å². The molecule has 0 aliphatic heterocycles. The summed E-state index contributed by atoms with van der Waals surface area (Å²) in [6.45, 7) is 0. The van der Waals surface area contributed by atoms with Crippen molar-refractivity contribution in [3.63, 3.8) is 0 Å². The summed E-state index contributed by atoms with van der Waals surface area (Å²) in [7, 11) is 1.36. The number of ether oxygens (including phenoxy) is 1. The van der Waals surface area contributed by atoms with E-state index in [1.54, 1.807) is 0 Å². The molecule has 0 N–H and O–H groups in total. The second-order valence-electron chi connectivity index (χ2n) is 4.82. The zero-order valence-corrected chi connectivity index (χ0v) is 13.7. The SMILES string of the molecule is COc1cc([N+](=O)[O-])ccc1-n1cnc2c(Cl)cc(Cl)cc2c1=O. The van der Waals surface area contributed by atoms with Crippen LogP contribution in [-0.4, -0.2) is 21.6 Å². The molecule has 0 atom stereocenters. The van der Waals surface area contributed by atoms with Crippen LogP contribution < -0.4 is 10.3 Å². The largest absolute Gasteiger partial charge is 0.494 e. The van der Waals surface area contributed by atoms with Crippen molar-refractivity contribution in [2.45, 2.75) is 0 Å². The molecule has 2 aromatic carbocycles. The number of non-ortho nitro benzene ring substituents is 1. The number of benzene rings is 2. The van der Waals surface area contributed by atoms with E-state index < -0.39 is 10.5 Å². The molecule has 0 bridgehead atoms. The predicted molar refractivity (Wildman–Crippen MR) is 90.6 cm³/mol. The Morgan fingerprint density at radius 1 is 1.25 bits per heavy atom. The number of halogens is 2. The van der Waals surface area contributed by atoms with E-state index in [4.69, 9.17) is 27.9 Å². The van der Waals surface area contributed by atoms with Crippen LogP contribution in [0.1, 0.15) is 0 Å². The van der Waals surface area contributed by atoms with E-state index in [0.717, 1.165) is 0 Å². The van der Waals surface area contributed by atoms with Crippen molar-refractivity contribution in [3.8, 4) is 11.4 Å². The number of methoxy groups -OCH3 is 1. The first-order chi connectivity index (χ1) is 11.4. The molecule has 3 aromatic rings. The fourth-order valence-corrected chi connectivity index (χ4v) is 2.85. The molecule has 0 amide bonds. The first kappa shape index (κ1) is 16.2. The lowest BCUT2D eigenvalue weighted by atomic mass is 10.2. The van der Waals surface area contributed by atoms with Gasteiger partial charge in [0.2, 0.25) is 0 Å². The summed E-state index contributed by atoms with van der Waals surface area (Å²) >= 11 is 12.0. The van der Waals surface area contributed by atoms with Crippen molar-refractivity contribution in [1.29, 1.82) is 0 Å². The van der Waals surface area contributed by atoms with Crippen molar-refractivity contribution in [1.82, 2.24) is 9.55 Å². The summed E-state index contributed by atoms with van der Waals surface area (Å²) in [6.07, 6.45) is 1.29. The topological polar surface area (TPSA) is 87.3 Å². The smallest absolute Gasteiger partial charge is 0.273 e. The highest BCUT2D eigenvalue weighted by Gasteiger charge is 2.16. The maximum atomic E-state index is 12.7. The van der Waals surface area contributed by atoms with Gasteiger partial charge in [0.25, 0.3) is 11.2 Å². The summed E-state index contributed by atoms with van der Waals surface area (Å²) < 4.78 is 6.38. The Hall–Kier alpha value is -2.64. The van der Waals surface area contributed by atoms with Crippen LogP contribution in [0.4, 0.5) is 5.69 Å². The molecule has 1 aromatic heterocycles. The maximum Gasteiger partial charge on any atom is 0.273 e. The van der Waals surface area contributed by atoms with Crippen LogP contribution in [-0.2, 0) is 0 Å². The van der Waals surface area contributed by atoms with Crippen LogP contribution in [0.15, 0.2) is 41.5 Å². The minimum absolute atomic E-state index is 0.150.